The molecule has 1 aromatic heterocycles. The van der Waals surface area contributed by atoms with Crippen LogP contribution >= 0.6 is 35.6 Å². The Morgan fingerprint density at radius 2 is 2.10 bits per heavy atom. The summed E-state index contributed by atoms with van der Waals surface area (Å²) in [6, 6.07) is 9.30. The maximum atomic E-state index is 13.7. The van der Waals surface area contributed by atoms with Gasteiger partial charge in [0.05, 0.1) is 15.8 Å². The predicted octanol–water partition coefficient (Wildman–Crippen LogP) is 4.63. The number of carbonyl (C=O) groups is 1. The zero-order valence-corrected chi connectivity index (χ0v) is 12.9. The average Bonchev–Trinajstić information content (AvgIpc) is 2.82. The van der Waals surface area contributed by atoms with Crippen LogP contribution in [0.15, 0.2) is 41.3 Å². The van der Waals surface area contributed by atoms with Crippen molar-refractivity contribution in [1.29, 1.82) is 0 Å². The highest BCUT2D eigenvalue weighted by molar-refractivity contribution is 7.80. The van der Waals surface area contributed by atoms with Gasteiger partial charge in [-0.2, -0.15) is 0 Å². The van der Waals surface area contributed by atoms with Gasteiger partial charge in [-0.25, -0.2) is 9.37 Å². The van der Waals surface area contributed by atoms with Gasteiger partial charge in [0, 0.05) is 9.92 Å². The van der Waals surface area contributed by atoms with E-state index in [2.05, 4.69) is 22.9 Å². The summed E-state index contributed by atoms with van der Waals surface area (Å²) in [4.78, 5) is 16.9. The van der Waals surface area contributed by atoms with Crippen LogP contribution in [0.3, 0.4) is 0 Å². The molecule has 0 bridgehead atoms. The van der Waals surface area contributed by atoms with Crippen molar-refractivity contribution < 1.29 is 9.18 Å². The smallest absolute Gasteiger partial charge is 0.260 e. The lowest BCUT2D eigenvalue weighted by Gasteiger charge is -2.03. The van der Waals surface area contributed by atoms with E-state index in [1.54, 1.807) is 18.2 Å². The zero-order valence-electron chi connectivity index (χ0n) is 10.4. The summed E-state index contributed by atoms with van der Waals surface area (Å²) in [6.07, 6.45) is 0. The van der Waals surface area contributed by atoms with Gasteiger partial charge < -0.3 is 0 Å². The van der Waals surface area contributed by atoms with Gasteiger partial charge in [0.25, 0.3) is 5.91 Å². The highest BCUT2D eigenvalue weighted by atomic mass is 35.5. The van der Waals surface area contributed by atoms with Crippen molar-refractivity contribution in [3.63, 3.8) is 0 Å². The van der Waals surface area contributed by atoms with Gasteiger partial charge in [0.1, 0.15) is 5.82 Å². The molecule has 1 heterocycles. The van der Waals surface area contributed by atoms with Gasteiger partial charge in [-0.3, -0.25) is 10.1 Å². The molecule has 1 N–H and O–H groups in total. The van der Waals surface area contributed by atoms with Crippen LogP contribution in [0.4, 0.5) is 9.52 Å². The number of amides is 1. The number of rotatable bonds is 2. The topological polar surface area (TPSA) is 42.0 Å². The van der Waals surface area contributed by atoms with Crippen LogP contribution in [0, 0.1) is 5.82 Å². The fraction of sp³-hybridized carbons (Fsp3) is 0. The van der Waals surface area contributed by atoms with Crippen LogP contribution in [-0.4, -0.2) is 10.9 Å². The first-order chi connectivity index (χ1) is 10.0. The summed E-state index contributed by atoms with van der Waals surface area (Å²) >= 11 is 11.3. The summed E-state index contributed by atoms with van der Waals surface area (Å²) in [5, 5.41) is 3.57. The predicted molar refractivity (Wildman–Crippen MR) is 86.2 cm³/mol. The molecule has 21 heavy (non-hydrogen) atoms. The van der Waals surface area contributed by atoms with Crippen molar-refractivity contribution in [2.24, 2.45) is 0 Å². The Morgan fingerprint density at radius 1 is 1.29 bits per heavy atom. The van der Waals surface area contributed by atoms with E-state index in [0.29, 0.717) is 15.0 Å². The van der Waals surface area contributed by atoms with Gasteiger partial charge >= 0.3 is 0 Å². The number of fused-ring (bicyclic) bond motifs is 1. The summed E-state index contributed by atoms with van der Waals surface area (Å²) in [5.74, 6) is -1.16. The number of thiol groups is 1. The lowest BCUT2D eigenvalue weighted by molar-refractivity contribution is 0.102. The number of benzene rings is 2. The van der Waals surface area contributed by atoms with Crippen molar-refractivity contribution >= 4 is 56.8 Å². The van der Waals surface area contributed by atoms with E-state index >= 15 is 0 Å². The van der Waals surface area contributed by atoms with E-state index in [1.165, 1.54) is 29.5 Å². The summed E-state index contributed by atoms with van der Waals surface area (Å²) in [5.41, 5.74) is 0.655. The van der Waals surface area contributed by atoms with Gasteiger partial charge in [0.2, 0.25) is 0 Å². The molecule has 1 amide bonds. The Hall–Kier alpha value is -1.63. The number of aromatic nitrogens is 1. The number of hydrogen-bond acceptors (Lipinski definition) is 4. The fourth-order valence-electron chi connectivity index (χ4n) is 1.80. The number of halogens is 2. The molecular weight excluding hydrogens is 331 g/mol. The molecular formula is C14H8ClFN2OS2. The molecule has 0 spiro atoms. The third-order valence-electron chi connectivity index (χ3n) is 2.77. The largest absolute Gasteiger partial charge is 0.298 e. The molecule has 3 aromatic rings. The van der Waals surface area contributed by atoms with Crippen LogP contribution in [0.2, 0.25) is 5.02 Å². The monoisotopic (exact) mass is 338 g/mol. The second-order valence-corrected chi connectivity index (χ2v) is 6.23. The third kappa shape index (κ3) is 3.02. The molecule has 0 atom stereocenters. The van der Waals surface area contributed by atoms with Crippen molar-refractivity contribution in [3.05, 3.63) is 52.8 Å². The molecule has 0 fully saturated rings. The molecule has 2 aromatic carbocycles. The lowest BCUT2D eigenvalue weighted by Crippen LogP contribution is -2.13. The summed E-state index contributed by atoms with van der Waals surface area (Å²) in [7, 11) is 0. The fourth-order valence-corrected chi connectivity index (χ4v) is 3.14. The molecule has 0 aliphatic carbocycles. The number of carbonyl (C=O) groups excluding carboxylic acids is 1. The average molecular weight is 339 g/mol. The van der Waals surface area contributed by atoms with E-state index in [4.69, 9.17) is 11.6 Å². The maximum Gasteiger partial charge on any atom is 0.260 e. The SMILES string of the molecule is O=C(Nc1nc2ccc(Cl)cc2s1)c1cc(S)ccc1F. The van der Waals surface area contributed by atoms with Crippen LogP contribution < -0.4 is 5.32 Å². The molecule has 0 unspecified atom stereocenters. The third-order valence-corrected chi connectivity index (χ3v) is 4.21. The van der Waals surface area contributed by atoms with Crippen molar-refractivity contribution in [2.45, 2.75) is 4.90 Å². The van der Waals surface area contributed by atoms with Crippen molar-refractivity contribution in [2.75, 3.05) is 5.32 Å². The molecule has 0 saturated heterocycles. The first-order valence-electron chi connectivity index (χ1n) is 5.89. The Bertz CT molecular complexity index is 850. The van der Waals surface area contributed by atoms with Gasteiger partial charge in [-0.1, -0.05) is 22.9 Å². The minimum atomic E-state index is -0.602. The van der Waals surface area contributed by atoms with Gasteiger partial charge in [-0.15, -0.1) is 12.6 Å². The Balaban J connectivity index is 1.90. The van der Waals surface area contributed by atoms with Crippen molar-refractivity contribution in [1.82, 2.24) is 4.98 Å². The number of nitrogens with one attached hydrogen (secondary N) is 1. The normalized spacial score (nSPS) is 10.8. The van der Waals surface area contributed by atoms with E-state index in [0.717, 1.165) is 10.2 Å². The zero-order chi connectivity index (χ0) is 15.0. The number of hydrogen-bond donors (Lipinski definition) is 2. The highest BCUT2D eigenvalue weighted by Crippen LogP contribution is 2.28. The minimum absolute atomic E-state index is 0.0696. The van der Waals surface area contributed by atoms with Crippen LogP contribution in [0.1, 0.15) is 10.4 Å². The van der Waals surface area contributed by atoms with Crippen LogP contribution in [0.25, 0.3) is 10.2 Å². The second-order valence-electron chi connectivity index (χ2n) is 4.25. The van der Waals surface area contributed by atoms with E-state index in [1.807, 2.05) is 0 Å². The quantitative estimate of drug-likeness (QED) is 0.669. The molecule has 106 valence electrons. The molecule has 0 aliphatic rings. The lowest BCUT2D eigenvalue weighted by atomic mass is 10.2. The summed E-state index contributed by atoms with van der Waals surface area (Å²) < 4.78 is 14.5. The molecule has 3 nitrogen and oxygen atoms in total. The maximum absolute atomic E-state index is 13.7. The molecule has 0 radical (unpaired) electrons. The number of thiazole rings is 1. The van der Waals surface area contributed by atoms with Gasteiger partial charge in [-0.05, 0) is 36.4 Å². The first kappa shape index (κ1) is 14.3. The first-order valence-corrected chi connectivity index (χ1v) is 7.53. The molecule has 3 rings (SSSR count). The number of nitrogens with zero attached hydrogens (tertiary/aromatic N) is 1. The molecule has 7 heteroatoms. The minimum Gasteiger partial charge on any atom is -0.298 e. The number of anilines is 1. The van der Waals surface area contributed by atoms with Crippen LogP contribution in [0.5, 0.6) is 0 Å². The van der Waals surface area contributed by atoms with E-state index < -0.39 is 11.7 Å². The molecule has 0 aliphatic heterocycles. The summed E-state index contributed by atoms with van der Waals surface area (Å²) in [6.45, 7) is 0. The Kier molecular flexibility index (Phi) is 3.84. The second kappa shape index (κ2) is 5.63. The highest BCUT2D eigenvalue weighted by Gasteiger charge is 2.14. The van der Waals surface area contributed by atoms with Crippen molar-refractivity contribution in [3.8, 4) is 0 Å². The molecule has 0 saturated carbocycles. The van der Waals surface area contributed by atoms with Crippen LogP contribution in [-0.2, 0) is 0 Å². The standard InChI is InChI=1S/C14H8ClFN2OS2/c15-7-1-4-11-12(5-7)21-14(17-11)18-13(19)9-6-8(20)2-3-10(9)16/h1-6,20H,(H,17,18,19). The Morgan fingerprint density at radius 3 is 2.90 bits per heavy atom. The van der Waals surface area contributed by atoms with E-state index in [9.17, 15) is 9.18 Å². The Labute approximate surface area is 134 Å². The van der Waals surface area contributed by atoms with Gasteiger partial charge in [0.15, 0.2) is 5.13 Å². The van der Waals surface area contributed by atoms with E-state index in [-0.39, 0.29) is 5.56 Å².